The molecular weight excluding hydrogens is 265 g/mol. The van der Waals surface area contributed by atoms with Gasteiger partial charge >= 0.3 is 5.97 Å². The van der Waals surface area contributed by atoms with Crippen molar-refractivity contribution in [2.75, 3.05) is 5.32 Å². The molecule has 0 bridgehead atoms. The molecule has 2 N–H and O–H groups in total. The Morgan fingerprint density at radius 3 is 2.55 bits per heavy atom. The van der Waals surface area contributed by atoms with Gasteiger partial charge in [0.2, 0.25) is 11.6 Å². The van der Waals surface area contributed by atoms with Crippen LogP contribution in [0.25, 0.3) is 0 Å². The van der Waals surface area contributed by atoms with E-state index in [2.05, 4.69) is 10.4 Å². The first-order chi connectivity index (χ1) is 9.49. The molecule has 0 saturated heterocycles. The Labute approximate surface area is 113 Å². The minimum atomic E-state index is -1.48. The molecule has 2 rings (SSSR count). The second-order valence-electron chi connectivity index (χ2n) is 4.15. The Morgan fingerprint density at radius 1 is 1.35 bits per heavy atom. The molecule has 0 aliphatic carbocycles. The molecule has 0 atom stereocenters. The summed E-state index contributed by atoms with van der Waals surface area (Å²) in [6, 6.07) is 8.93. The lowest BCUT2D eigenvalue weighted by molar-refractivity contribution is -0.115. The SMILES string of the molecule is Cn1nc(C(=O)O)c(F)c1NC(=O)Cc1ccccc1. The normalized spacial score (nSPS) is 10.3. The van der Waals surface area contributed by atoms with Gasteiger partial charge in [-0.1, -0.05) is 30.3 Å². The van der Waals surface area contributed by atoms with Crippen molar-refractivity contribution in [3.05, 3.63) is 47.4 Å². The fraction of sp³-hybridized carbons (Fsp3) is 0.154. The molecule has 1 heterocycles. The van der Waals surface area contributed by atoms with Crippen LogP contribution < -0.4 is 5.32 Å². The first-order valence-corrected chi connectivity index (χ1v) is 5.78. The Hall–Kier alpha value is -2.70. The van der Waals surface area contributed by atoms with Gasteiger partial charge in [0.1, 0.15) is 0 Å². The molecule has 7 heteroatoms. The molecule has 20 heavy (non-hydrogen) atoms. The molecule has 0 unspecified atom stereocenters. The number of nitrogens with zero attached hydrogens (tertiary/aromatic N) is 2. The third-order valence-corrected chi connectivity index (χ3v) is 2.66. The van der Waals surface area contributed by atoms with E-state index in [1.807, 2.05) is 6.07 Å². The second kappa shape index (κ2) is 5.52. The van der Waals surface area contributed by atoms with Crippen LogP contribution >= 0.6 is 0 Å². The molecule has 2 aromatic rings. The summed E-state index contributed by atoms with van der Waals surface area (Å²) in [5.41, 5.74) is 0.0496. The molecule has 104 valence electrons. The number of carbonyl (C=O) groups excluding carboxylic acids is 1. The Kier molecular flexibility index (Phi) is 3.79. The fourth-order valence-corrected chi connectivity index (χ4v) is 1.73. The van der Waals surface area contributed by atoms with Gasteiger partial charge in [-0.25, -0.2) is 13.9 Å². The van der Waals surface area contributed by atoms with Crippen molar-refractivity contribution in [2.24, 2.45) is 7.05 Å². The number of anilines is 1. The van der Waals surface area contributed by atoms with E-state index in [0.29, 0.717) is 0 Å². The van der Waals surface area contributed by atoms with E-state index in [4.69, 9.17) is 5.11 Å². The monoisotopic (exact) mass is 277 g/mol. The van der Waals surface area contributed by atoms with E-state index in [-0.39, 0.29) is 12.2 Å². The molecule has 0 spiro atoms. The largest absolute Gasteiger partial charge is 0.476 e. The smallest absolute Gasteiger partial charge is 0.359 e. The number of aromatic nitrogens is 2. The third-order valence-electron chi connectivity index (χ3n) is 2.66. The van der Waals surface area contributed by atoms with Crippen molar-refractivity contribution in [3.63, 3.8) is 0 Å². The number of halogens is 1. The lowest BCUT2D eigenvalue weighted by Crippen LogP contribution is -2.17. The standard InChI is InChI=1S/C13H12FN3O3/c1-17-12(10(14)11(16-17)13(19)20)15-9(18)7-8-5-3-2-4-6-8/h2-6H,7H2,1H3,(H,15,18)(H,19,20). The molecule has 0 saturated carbocycles. The zero-order chi connectivity index (χ0) is 14.7. The molecule has 1 aromatic heterocycles. The van der Waals surface area contributed by atoms with Gasteiger partial charge in [-0.3, -0.25) is 4.79 Å². The number of rotatable bonds is 4. The molecule has 0 aliphatic rings. The summed E-state index contributed by atoms with van der Waals surface area (Å²) >= 11 is 0. The average Bonchev–Trinajstić information content (AvgIpc) is 2.68. The summed E-state index contributed by atoms with van der Waals surface area (Å²) in [5, 5.41) is 14.6. The van der Waals surface area contributed by atoms with E-state index in [1.54, 1.807) is 24.3 Å². The summed E-state index contributed by atoms with van der Waals surface area (Å²) in [7, 11) is 1.35. The molecule has 1 amide bonds. The van der Waals surface area contributed by atoms with Crippen molar-refractivity contribution < 1.29 is 19.1 Å². The highest BCUT2D eigenvalue weighted by molar-refractivity contribution is 5.93. The quantitative estimate of drug-likeness (QED) is 0.885. The maximum absolute atomic E-state index is 13.8. The number of aromatic carboxylic acids is 1. The van der Waals surface area contributed by atoms with E-state index >= 15 is 0 Å². The second-order valence-corrected chi connectivity index (χ2v) is 4.15. The van der Waals surface area contributed by atoms with Crippen molar-refractivity contribution in [1.29, 1.82) is 0 Å². The Balaban J connectivity index is 2.14. The van der Waals surface area contributed by atoms with Gasteiger partial charge in [0.25, 0.3) is 0 Å². The molecule has 0 aliphatic heterocycles. The van der Waals surface area contributed by atoms with E-state index < -0.39 is 23.4 Å². The number of aryl methyl sites for hydroxylation is 1. The number of carbonyl (C=O) groups is 2. The molecule has 1 aromatic carbocycles. The number of amides is 1. The fourth-order valence-electron chi connectivity index (χ4n) is 1.73. The maximum atomic E-state index is 13.8. The first-order valence-electron chi connectivity index (χ1n) is 5.78. The van der Waals surface area contributed by atoms with Crippen LogP contribution in [0.4, 0.5) is 10.2 Å². The van der Waals surface area contributed by atoms with Crippen molar-refractivity contribution >= 4 is 17.7 Å². The maximum Gasteiger partial charge on any atom is 0.359 e. The minimum absolute atomic E-state index is 0.0634. The minimum Gasteiger partial charge on any atom is -0.476 e. The Morgan fingerprint density at radius 2 is 2.00 bits per heavy atom. The highest BCUT2D eigenvalue weighted by Gasteiger charge is 2.22. The van der Waals surface area contributed by atoms with Gasteiger partial charge in [-0.2, -0.15) is 5.10 Å². The van der Waals surface area contributed by atoms with Gasteiger partial charge in [0, 0.05) is 7.05 Å². The van der Waals surface area contributed by atoms with Crippen LogP contribution in [-0.4, -0.2) is 26.8 Å². The zero-order valence-electron chi connectivity index (χ0n) is 10.6. The Bertz CT molecular complexity index is 652. The van der Waals surface area contributed by atoms with Gasteiger partial charge in [0.05, 0.1) is 6.42 Å². The zero-order valence-corrected chi connectivity index (χ0v) is 10.6. The first kappa shape index (κ1) is 13.7. The number of carboxylic acid groups (broad SMARTS) is 1. The van der Waals surface area contributed by atoms with E-state index in [0.717, 1.165) is 10.2 Å². The number of hydrogen-bond acceptors (Lipinski definition) is 3. The van der Waals surface area contributed by atoms with Gasteiger partial charge in [-0.15, -0.1) is 0 Å². The van der Waals surface area contributed by atoms with Crippen LogP contribution in [0.15, 0.2) is 30.3 Å². The van der Waals surface area contributed by atoms with Crippen LogP contribution in [0.3, 0.4) is 0 Å². The van der Waals surface area contributed by atoms with Gasteiger partial charge in [-0.05, 0) is 5.56 Å². The van der Waals surface area contributed by atoms with E-state index in [1.165, 1.54) is 7.05 Å². The summed E-state index contributed by atoms with van der Waals surface area (Å²) in [6.45, 7) is 0. The van der Waals surface area contributed by atoms with Crippen molar-refractivity contribution in [3.8, 4) is 0 Å². The van der Waals surface area contributed by atoms with Crippen LogP contribution in [0.5, 0.6) is 0 Å². The van der Waals surface area contributed by atoms with E-state index in [9.17, 15) is 14.0 Å². The predicted octanol–water partition coefficient (Wildman–Crippen LogP) is 1.44. The highest BCUT2D eigenvalue weighted by atomic mass is 19.1. The van der Waals surface area contributed by atoms with Gasteiger partial charge in [0.15, 0.2) is 11.6 Å². The molecular formula is C13H12FN3O3. The van der Waals surface area contributed by atoms with Crippen molar-refractivity contribution in [2.45, 2.75) is 6.42 Å². The number of hydrogen-bond donors (Lipinski definition) is 2. The number of benzene rings is 1. The van der Waals surface area contributed by atoms with Crippen LogP contribution in [-0.2, 0) is 18.3 Å². The van der Waals surface area contributed by atoms with Crippen molar-refractivity contribution in [1.82, 2.24) is 9.78 Å². The molecule has 6 nitrogen and oxygen atoms in total. The summed E-state index contributed by atoms with van der Waals surface area (Å²) in [5.74, 6) is -3.25. The highest BCUT2D eigenvalue weighted by Crippen LogP contribution is 2.17. The summed E-state index contributed by atoms with van der Waals surface area (Å²) in [6.07, 6.45) is 0.0634. The topological polar surface area (TPSA) is 84.2 Å². The van der Waals surface area contributed by atoms with Gasteiger partial charge < -0.3 is 10.4 Å². The lowest BCUT2D eigenvalue weighted by atomic mass is 10.1. The van der Waals surface area contributed by atoms with Crippen LogP contribution in [0.2, 0.25) is 0 Å². The average molecular weight is 277 g/mol. The summed E-state index contributed by atoms with van der Waals surface area (Å²) < 4.78 is 14.8. The van der Waals surface area contributed by atoms with Crippen LogP contribution in [0, 0.1) is 5.82 Å². The third kappa shape index (κ3) is 2.82. The predicted molar refractivity (Wildman–Crippen MR) is 68.9 cm³/mol. The lowest BCUT2D eigenvalue weighted by Gasteiger charge is -2.05. The summed E-state index contributed by atoms with van der Waals surface area (Å²) in [4.78, 5) is 22.5. The number of nitrogens with one attached hydrogen (secondary N) is 1. The molecule has 0 radical (unpaired) electrons. The molecule has 0 fully saturated rings. The number of carboxylic acids is 1. The van der Waals surface area contributed by atoms with Crippen LogP contribution in [0.1, 0.15) is 16.1 Å².